The van der Waals surface area contributed by atoms with Crippen LogP contribution in [0.3, 0.4) is 0 Å². The van der Waals surface area contributed by atoms with Crippen LogP contribution in [0, 0.1) is 0 Å². The first kappa shape index (κ1) is 12.5. The van der Waals surface area contributed by atoms with E-state index >= 15 is 0 Å². The number of nitrogens with two attached hydrogens (primary N) is 1. The van der Waals surface area contributed by atoms with Gasteiger partial charge in [0.2, 0.25) is 5.91 Å². The van der Waals surface area contributed by atoms with Crippen molar-refractivity contribution in [1.29, 1.82) is 0 Å². The number of rotatable bonds is 5. The maximum Gasteiger partial charge on any atom is 0.220 e. The molecule has 1 rings (SSSR count). The highest BCUT2D eigenvalue weighted by Crippen LogP contribution is 2.17. The summed E-state index contributed by atoms with van der Waals surface area (Å²) in [5.74, 6) is 0.0996. The van der Waals surface area contributed by atoms with Gasteiger partial charge in [-0.1, -0.05) is 19.3 Å². The van der Waals surface area contributed by atoms with E-state index < -0.39 is 6.23 Å². The summed E-state index contributed by atoms with van der Waals surface area (Å²) in [6.45, 7) is 0. The Bertz CT molecular complexity index is 189. The summed E-state index contributed by atoms with van der Waals surface area (Å²) >= 11 is 0. The first-order valence-corrected chi connectivity index (χ1v) is 5.91. The third-order valence-corrected chi connectivity index (χ3v) is 2.87. The average molecular weight is 214 g/mol. The Morgan fingerprint density at radius 2 is 2.07 bits per heavy atom. The van der Waals surface area contributed by atoms with Gasteiger partial charge in [-0.05, 0) is 25.7 Å². The number of carbonyl (C=O) groups is 1. The summed E-state index contributed by atoms with van der Waals surface area (Å²) in [5.41, 5.74) is 5.19. The molecule has 0 heterocycles. The molecule has 88 valence electrons. The molecule has 1 amide bonds. The van der Waals surface area contributed by atoms with E-state index in [2.05, 4.69) is 5.32 Å². The van der Waals surface area contributed by atoms with Crippen LogP contribution in [-0.2, 0) is 4.79 Å². The maximum atomic E-state index is 11.5. The second kappa shape index (κ2) is 6.80. The first-order chi connectivity index (χ1) is 7.18. The van der Waals surface area contributed by atoms with Crippen molar-refractivity contribution < 1.29 is 9.90 Å². The van der Waals surface area contributed by atoms with E-state index in [0.717, 1.165) is 12.8 Å². The van der Waals surface area contributed by atoms with E-state index in [-0.39, 0.29) is 5.91 Å². The van der Waals surface area contributed by atoms with Crippen LogP contribution in [0.4, 0.5) is 0 Å². The van der Waals surface area contributed by atoms with Crippen molar-refractivity contribution in [2.75, 3.05) is 0 Å². The lowest BCUT2D eigenvalue weighted by molar-refractivity contribution is -0.122. The molecule has 0 aromatic rings. The molecule has 4 N–H and O–H groups in total. The van der Waals surface area contributed by atoms with Gasteiger partial charge in [-0.3, -0.25) is 4.79 Å². The summed E-state index contributed by atoms with van der Waals surface area (Å²) < 4.78 is 0. The first-order valence-electron chi connectivity index (χ1n) is 5.91. The second-order valence-electron chi connectivity index (χ2n) is 4.36. The number of aliphatic hydroxyl groups is 1. The molecule has 1 aliphatic rings. The summed E-state index contributed by atoms with van der Waals surface area (Å²) in [6, 6.07) is 0.383. The Balaban J connectivity index is 2.06. The quantitative estimate of drug-likeness (QED) is 0.595. The monoisotopic (exact) mass is 214 g/mol. The largest absolute Gasteiger partial charge is 0.379 e. The minimum absolute atomic E-state index is 0.0996. The molecule has 1 atom stereocenters. The average Bonchev–Trinajstić information content (AvgIpc) is 2.18. The number of hydrogen-bond acceptors (Lipinski definition) is 3. The van der Waals surface area contributed by atoms with Crippen LogP contribution in [0.5, 0.6) is 0 Å². The van der Waals surface area contributed by atoms with Crippen LogP contribution in [0.1, 0.15) is 51.4 Å². The zero-order chi connectivity index (χ0) is 11.1. The smallest absolute Gasteiger partial charge is 0.220 e. The standard InChI is InChI=1S/C11H22N2O2/c12-10(14)7-4-8-11(15)13-9-5-2-1-3-6-9/h9-10,14H,1-8,12H2,(H,13,15). The fourth-order valence-electron chi connectivity index (χ4n) is 2.02. The Morgan fingerprint density at radius 1 is 1.40 bits per heavy atom. The normalized spacial score (nSPS) is 19.9. The third-order valence-electron chi connectivity index (χ3n) is 2.87. The van der Waals surface area contributed by atoms with Crippen LogP contribution >= 0.6 is 0 Å². The number of aliphatic hydroxyl groups excluding tert-OH is 1. The van der Waals surface area contributed by atoms with Crippen molar-refractivity contribution in [2.45, 2.75) is 63.6 Å². The maximum absolute atomic E-state index is 11.5. The number of hydrogen-bond donors (Lipinski definition) is 3. The van der Waals surface area contributed by atoms with Gasteiger partial charge in [0.15, 0.2) is 0 Å². The van der Waals surface area contributed by atoms with E-state index in [0.29, 0.717) is 25.3 Å². The summed E-state index contributed by atoms with van der Waals surface area (Å²) in [6.07, 6.45) is 6.84. The predicted octanol–water partition coefficient (Wildman–Crippen LogP) is 0.883. The minimum atomic E-state index is -0.785. The summed E-state index contributed by atoms with van der Waals surface area (Å²) in [7, 11) is 0. The zero-order valence-corrected chi connectivity index (χ0v) is 9.24. The lowest BCUT2D eigenvalue weighted by atomic mass is 9.95. The highest BCUT2D eigenvalue weighted by atomic mass is 16.3. The van der Waals surface area contributed by atoms with Gasteiger partial charge in [0, 0.05) is 12.5 Å². The molecule has 1 fully saturated rings. The molecular formula is C11H22N2O2. The molecule has 1 unspecified atom stereocenters. The van der Waals surface area contributed by atoms with E-state index in [4.69, 9.17) is 10.8 Å². The van der Waals surface area contributed by atoms with Crippen LogP contribution in [0.15, 0.2) is 0 Å². The van der Waals surface area contributed by atoms with Crippen molar-refractivity contribution in [3.8, 4) is 0 Å². The number of nitrogens with one attached hydrogen (secondary N) is 1. The molecule has 0 bridgehead atoms. The number of amides is 1. The Labute approximate surface area is 91.2 Å². The van der Waals surface area contributed by atoms with Gasteiger partial charge in [0.1, 0.15) is 6.23 Å². The molecule has 15 heavy (non-hydrogen) atoms. The SMILES string of the molecule is NC(O)CCCC(=O)NC1CCCCC1. The molecule has 4 nitrogen and oxygen atoms in total. The lowest BCUT2D eigenvalue weighted by Gasteiger charge is -2.22. The van der Waals surface area contributed by atoms with E-state index in [1.807, 2.05) is 0 Å². The predicted molar refractivity (Wildman–Crippen MR) is 59.1 cm³/mol. The van der Waals surface area contributed by atoms with Crippen molar-refractivity contribution in [2.24, 2.45) is 5.73 Å². The van der Waals surface area contributed by atoms with Crippen molar-refractivity contribution >= 4 is 5.91 Å². The van der Waals surface area contributed by atoms with Gasteiger partial charge in [-0.25, -0.2) is 0 Å². The van der Waals surface area contributed by atoms with Gasteiger partial charge in [-0.15, -0.1) is 0 Å². The van der Waals surface area contributed by atoms with Crippen LogP contribution in [0.25, 0.3) is 0 Å². The molecule has 0 aliphatic heterocycles. The van der Waals surface area contributed by atoms with Crippen LogP contribution < -0.4 is 11.1 Å². The molecule has 4 heteroatoms. The van der Waals surface area contributed by atoms with Crippen molar-refractivity contribution in [3.63, 3.8) is 0 Å². The molecule has 0 aromatic heterocycles. The summed E-state index contributed by atoms with van der Waals surface area (Å²) in [4.78, 5) is 11.5. The van der Waals surface area contributed by atoms with Gasteiger partial charge in [0.25, 0.3) is 0 Å². The van der Waals surface area contributed by atoms with Crippen molar-refractivity contribution in [3.05, 3.63) is 0 Å². The van der Waals surface area contributed by atoms with Gasteiger partial charge >= 0.3 is 0 Å². The topological polar surface area (TPSA) is 75.3 Å². The van der Waals surface area contributed by atoms with E-state index in [1.54, 1.807) is 0 Å². The highest BCUT2D eigenvalue weighted by molar-refractivity contribution is 5.76. The van der Waals surface area contributed by atoms with Crippen LogP contribution in [-0.4, -0.2) is 23.3 Å². The Hall–Kier alpha value is -0.610. The van der Waals surface area contributed by atoms with E-state index in [9.17, 15) is 4.79 Å². The Morgan fingerprint density at radius 3 is 2.67 bits per heavy atom. The fourth-order valence-corrected chi connectivity index (χ4v) is 2.02. The molecule has 0 radical (unpaired) electrons. The molecular weight excluding hydrogens is 192 g/mol. The minimum Gasteiger partial charge on any atom is -0.379 e. The van der Waals surface area contributed by atoms with Gasteiger partial charge in [0.05, 0.1) is 0 Å². The van der Waals surface area contributed by atoms with Crippen molar-refractivity contribution in [1.82, 2.24) is 5.32 Å². The molecule has 1 aliphatic carbocycles. The third kappa shape index (κ3) is 5.74. The summed E-state index contributed by atoms with van der Waals surface area (Å²) in [5, 5.41) is 11.9. The van der Waals surface area contributed by atoms with Gasteiger partial charge in [-0.2, -0.15) is 0 Å². The highest BCUT2D eigenvalue weighted by Gasteiger charge is 2.15. The Kier molecular flexibility index (Phi) is 5.65. The molecule has 1 saturated carbocycles. The van der Waals surface area contributed by atoms with Gasteiger partial charge < -0.3 is 16.2 Å². The van der Waals surface area contributed by atoms with E-state index in [1.165, 1.54) is 19.3 Å². The molecule has 0 aromatic carbocycles. The number of carbonyl (C=O) groups excluding carboxylic acids is 1. The second-order valence-corrected chi connectivity index (χ2v) is 4.36. The lowest BCUT2D eigenvalue weighted by Crippen LogP contribution is -2.36. The molecule has 0 saturated heterocycles. The fraction of sp³-hybridized carbons (Fsp3) is 0.909. The molecule has 0 spiro atoms. The zero-order valence-electron chi connectivity index (χ0n) is 9.24. The van der Waals surface area contributed by atoms with Crippen LogP contribution in [0.2, 0.25) is 0 Å².